The largest absolute Gasteiger partial charge is 0.573 e. The molecule has 0 heterocycles. The first kappa shape index (κ1) is 17.1. The van der Waals surface area contributed by atoms with E-state index in [2.05, 4.69) is 9.46 Å². The summed E-state index contributed by atoms with van der Waals surface area (Å²) >= 11 is 0. The van der Waals surface area contributed by atoms with Crippen LogP contribution in [0.4, 0.5) is 13.2 Å². The molecule has 0 saturated heterocycles. The van der Waals surface area contributed by atoms with Gasteiger partial charge in [-0.3, -0.25) is 0 Å². The molecule has 0 aliphatic heterocycles. The predicted molar refractivity (Wildman–Crippen MR) is 84.3 cm³/mol. The predicted octanol–water partition coefficient (Wildman–Crippen LogP) is 3.83. The topological polar surface area (TPSA) is 55.4 Å². The summed E-state index contributed by atoms with van der Waals surface area (Å²) in [6.07, 6.45) is 1.41. The first-order valence-electron chi connectivity index (χ1n) is 8.52. The molecule has 25 heavy (non-hydrogen) atoms. The summed E-state index contributed by atoms with van der Waals surface area (Å²) in [4.78, 5) is -0.0298. The maximum Gasteiger partial charge on any atom is 0.573 e. The maximum atomic E-state index is 12.7. The Morgan fingerprint density at radius 3 is 1.88 bits per heavy atom. The van der Waals surface area contributed by atoms with E-state index in [1.54, 1.807) is 0 Å². The van der Waals surface area contributed by atoms with E-state index < -0.39 is 22.1 Å². The van der Waals surface area contributed by atoms with Gasteiger partial charge < -0.3 is 4.74 Å². The molecule has 1 aromatic rings. The van der Waals surface area contributed by atoms with Crippen LogP contribution in [0.3, 0.4) is 0 Å². The number of ether oxygens (including phenoxy) is 1. The first-order valence-corrected chi connectivity index (χ1v) is 10.0. The van der Waals surface area contributed by atoms with E-state index >= 15 is 0 Å². The van der Waals surface area contributed by atoms with Crippen molar-refractivity contribution in [1.29, 1.82) is 0 Å². The van der Waals surface area contributed by atoms with Crippen molar-refractivity contribution in [2.24, 2.45) is 17.8 Å². The van der Waals surface area contributed by atoms with Crippen LogP contribution < -0.4 is 9.46 Å². The van der Waals surface area contributed by atoms with Crippen molar-refractivity contribution in [3.05, 3.63) is 24.3 Å². The molecule has 0 atom stereocenters. The number of benzene rings is 1. The van der Waals surface area contributed by atoms with Crippen molar-refractivity contribution in [2.45, 2.75) is 55.3 Å². The molecule has 1 aromatic carbocycles. The fourth-order valence-electron chi connectivity index (χ4n) is 5.40. The van der Waals surface area contributed by atoms with Gasteiger partial charge in [-0.05, 0) is 80.5 Å². The number of alkyl halides is 3. The minimum absolute atomic E-state index is 0.0298. The summed E-state index contributed by atoms with van der Waals surface area (Å²) in [5, 5.41) is 0. The van der Waals surface area contributed by atoms with E-state index in [1.807, 2.05) is 0 Å². The van der Waals surface area contributed by atoms with Gasteiger partial charge in [0.25, 0.3) is 0 Å². The number of nitrogens with one attached hydrogen (secondary N) is 1. The zero-order valence-electron chi connectivity index (χ0n) is 13.6. The van der Waals surface area contributed by atoms with E-state index in [4.69, 9.17) is 0 Å². The SMILES string of the molecule is O=S(=O)(NC12CC3CC(CC(C3)C1)C2)c1ccc(OC(F)(F)F)cc1. The van der Waals surface area contributed by atoms with Crippen LogP contribution in [-0.4, -0.2) is 20.3 Å². The van der Waals surface area contributed by atoms with E-state index in [-0.39, 0.29) is 10.4 Å². The summed E-state index contributed by atoms with van der Waals surface area (Å²) in [6, 6.07) is 4.37. The van der Waals surface area contributed by atoms with Crippen molar-refractivity contribution >= 4 is 10.0 Å². The van der Waals surface area contributed by atoms with Crippen LogP contribution in [0, 0.1) is 17.8 Å². The quantitative estimate of drug-likeness (QED) is 0.870. The average Bonchev–Trinajstić information content (AvgIpc) is 2.43. The standard InChI is InChI=1S/C17H20F3NO3S/c18-17(19,20)24-14-1-3-15(4-2-14)25(22,23)21-16-8-11-5-12(9-16)7-13(6-11)10-16/h1-4,11-13,21H,5-10H2. The molecule has 0 spiro atoms. The summed E-state index contributed by atoms with van der Waals surface area (Å²) in [6.45, 7) is 0. The Hall–Kier alpha value is -1.28. The Balaban J connectivity index is 1.52. The zero-order valence-corrected chi connectivity index (χ0v) is 14.4. The van der Waals surface area contributed by atoms with Gasteiger partial charge in [0.1, 0.15) is 5.75 Å². The third kappa shape index (κ3) is 3.51. The Kier molecular flexibility index (Phi) is 3.85. The molecule has 4 aliphatic carbocycles. The van der Waals surface area contributed by atoms with Crippen molar-refractivity contribution in [3.63, 3.8) is 0 Å². The van der Waals surface area contributed by atoms with Crippen LogP contribution in [0.1, 0.15) is 38.5 Å². The lowest BCUT2D eigenvalue weighted by atomic mass is 9.53. The minimum Gasteiger partial charge on any atom is -0.406 e. The second kappa shape index (κ2) is 5.61. The third-order valence-electron chi connectivity index (χ3n) is 5.76. The fourth-order valence-corrected chi connectivity index (χ4v) is 6.83. The highest BCUT2D eigenvalue weighted by Crippen LogP contribution is 2.55. The lowest BCUT2D eigenvalue weighted by Gasteiger charge is -2.56. The number of halogens is 3. The molecule has 8 heteroatoms. The lowest BCUT2D eigenvalue weighted by molar-refractivity contribution is -0.274. The van der Waals surface area contributed by atoms with Gasteiger partial charge in [0.15, 0.2) is 0 Å². The van der Waals surface area contributed by atoms with Crippen molar-refractivity contribution in [1.82, 2.24) is 4.72 Å². The minimum atomic E-state index is -4.79. The molecule has 138 valence electrons. The average molecular weight is 375 g/mol. The molecule has 0 radical (unpaired) electrons. The van der Waals surface area contributed by atoms with Gasteiger partial charge in [0.05, 0.1) is 4.90 Å². The molecule has 4 nitrogen and oxygen atoms in total. The lowest BCUT2D eigenvalue weighted by Crippen LogP contribution is -2.59. The second-order valence-corrected chi connectivity index (χ2v) is 9.50. The molecular weight excluding hydrogens is 355 g/mol. The van der Waals surface area contributed by atoms with E-state index in [0.717, 1.165) is 43.5 Å². The molecule has 5 rings (SSSR count). The Labute approximate surface area is 144 Å². The zero-order chi connectivity index (χ0) is 17.9. The van der Waals surface area contributed by atoms with Crippen LogP contribution in [0.5, 0.6) is 5.75 Å². The highest BCUT2D eigenvalue weighted by molar-refractivity contribution is 7.89. The van der Waals surface area contributed by atoms with Crippen LogP contribution in [-0.2, 0) is 10.0 Å². The molecule has 1 N–H and O–H groups in total. The molecule has 4 fully saturated rings. The van der Waals surface area contributed by atoms with Gasteiger partial charge in [-0.25, -0.2) is 13.1 Å². The number of sulfonamides is 1. The van der Waals surface area contributed by atoms with Gasteiger partial charge in [-0.2, -0.15) is 0 Å². The summed E-state index contributed by atoms with van der Waals surface area (Å²) < 4.78 is 68.8. The van der Waals surface area contributed by atoms with Gasteiger partial charge >= 0.3 is 6.36 Å². The Morgan fingerprint density at radius 2 is 1.44 bits per heavy atom. The summed E-state index contributed by atoms with van der Waals surface area (Å²) in [7, 11) is -3.77. The molecule has 0 amide bonds. The number of hydrogen-bond acceptors (Lipinski definition) is 3. The monoisotopic (exact) mass is 375 g/mol. The van der Waals surface area contributed by atoms with E-state index in [9.17, 15) is 21.6 Å². The van der Waals surface area contributed by atoms with Crippen LogP contribution in [0.15, 0.2) is 29.2 Å². The molecule has 4 bridgehead atoms. The summed E-state index contributed by atoms with van der Waals surface area (Å²) in [5.74, 6) is 1.35. The van der Waals surface area contributed by atoms with Crippen molar-refractivity contribution in [2.75, 3.05) is 0 Å². The van der Waals surface area contributed by atoms with Crippen LogP contribution in [0.2, 0.25) is 0 Å². The van der Waals surface area contributed by atoms with Gasteiger partial charge in [-0.15, -0.1) is 13.2 Å². The van der Waals surface area contributed by atoms with Gasteiger partial charge in [0.2, 0.25) is 10.0 Å². The second-order valence-electron chi connectivity index (χ2n) is 7.82. The van der Waals surface area contributed by atoms with E-state index in [0.29, 0.717) is 17.8 Å². The number of hydrogen-bond donors (Lipinski definition) is 1. The Morgan fingerprint density at radius 1 is 0.960 bits per heavy atom. The molecule has 4 aliphatic rings. The molecule has 4 saturated carbocycles. The maximum absolute atomic E-state index is 12.7. The van der Waals surface area contributed by atoms with E-state index in [1.165, 1.54) is 19.3 Å². The molecular formula is C17H20F3NO3S. The molecule has 0 unspecified atom stereocenters. The smallest absolute Gasteiger partial charge is 0.406 e. The normalized spacial score (nSPS) is 34.3. The van der Waals surface area contributed by atoms with Crippen LogP contribution >= 0.6 is 0 Å². The summed E-state index contributed by atoms with van der Waals surface area (Å²) in [5.41, 5.74) is -0.380. The van der Waals surface area contributed by atoms with Gasteiger partial charge in [0, 0.05) is 5.54 Å². The van der Waals surface area contributed by atoms with Gasteiger partial charge in [-0.1, -0.05) is 0 Å². The van der Waals surface area contributed by atoms with Crippen LogP contribution in [0.25, 0.3) is 0 Å². The Bertz CT molecular complexity index is 723. The van der Waals surface area contributed by atoms with Crippen molar-refractivity contribution in [3.8, 4) is 5.75 Å². The third-order valence-corrected chi connectivity index (χ3v) is 7.35. The highest BCUT2D eigenvalue weighted by Gasteiger charge is 2.52. The highest BCUT2D eigenvalue weighted by atomic mass is 32.2. The molecule has 0 aromatic heterocycles. The first-order chi connectivity index (χ1) is 11.6. The fraction of sp³-hybridized carbons (Fsp3) is 0.647. The van der Waals surface area contributed by atoms with Crippen molar-refractivity contribution < 1.29 is 26.3 Å². The number of rotatable bonds is 4.